The minimum Gasteiger partial charge on any atom is -0.380 e. The van der Waals surface area contributed by atoms with Crippen molar-refractivity contribution in [3.8, 4) is 11.6 Å². The highest BCUT2D eigenvalue weighted by atomic mass is 32.2. The SMILES string of the molecule is Cc1noc(-c2ccc(NCc3cccc(S(C)(=O)=O)c3)cn2)n1. The molecule has 0 spiro atoms. The predicted octanol–water partition coefficient (Wildman–Crippen LogP) is 2.46. The summed E-state index contributed by atoms with van der Waals surface area (Å²) >= 11 is 0. The number of rotatable bonds is 5. The highest BCUT2D eigenvalue weighted by molar-refractivity contribution is 7.90. The molecule has 0 saturated carbocycles. The van der Waals surface area contributed by atoms with E-state index < -0.39 is 9.84 Å². The van der Waals surface area contributed by atoms with Crippen LogP contribution in [-0.2, 0) is 16.4 Å². The average molecular weight is 344 g/mol. The van der Waals surface area contributed by atoms with Gasteiger partial charge in [0, 0.05) is 12.8 Å². The lowest BCUT2D eigenvalue weighted by molar-refractivity contribution is 0.424. The van der Waals surface area contributed by atoms with Gasteiger partial charge in [-0.3, -0.25) is 0 Å². The molecule has 0 amide bonds. The summed E-state index contributed by atoms with van der Waals surface area (Å²) in [6, 6.07) is 10.5. The van der Waals surface area contributed by atoms with Crippen molar-refractivity contribution < 1.29 is 12.9 Å². The molecule has 0 radical (unpaired) electrons. The molecule has 124 valence electrons. The second-order valence-electron chi connectivity index (χ2n) is 5.35. The van der Waals surface area contributed by atoms with E-state index >= 15 is 0 Å². The third-order valence-corrected chi connectivity index (χ3v) is 4.44. The van der Waals surface area contributed by atoms with Crippen LogP contribution in [0.5, 0.6) is 0 Å². The smallest absolute Gasteiger partial charge is 0.276 e. The first-order valence-corrected chi connectivity index (χ1v) is 9.10. The highest BCUT2D eigenvalue weighted by Crippen LogP contribution is 2.17. The molecule has 0 aliphatic rings. The van der Waals surface area contributed by atoms with Crippen LogP contribution in [0.3, 0.4) is 0 Å². The standard InChI is InChI=1S/C16H16N4O3S/c1-11-19-16(23-20-11)15-7-6-13(10-18-15)17-9-12-4-3-5-14(8-12)24(2,21)22/h3-8,10,17H,9H2,1-2H3. The maximum atomic E-state index is 11.6. The molecule has 8 heteroatoms. The largest absolute Gasteiger partial charge is 0.380 e. The summed E-state index contributed by atoms with van der Waals surface area (Å²) < 4.78 is 28.2. The van der Waals surface area contributed by atoms with Crippen molar-refractivity contribution in [2.45, 2.75) is 18.4 Å². The van der Waals surface area contributed by atoms with Gasteiger partial charge in [-0.2, -0.15) is 4.98 Å². The van der Waals surface area contributed by atoms with Gasteiger partial charge in [0.2, 0.25) is 0 Å². The lowest BCUT2D eigenvalue weighted by Gasteiger charge is -2.07. The van der Waals surface area contributed by atoms with Crippen molar-refractivity contribution in [1.82, 2.24) is 15.1 Å². The number of aromatic nitrogens is 3. The fourth-order valence-electron chi connectivity index (χ4n) is 2.12. The molecule has 0 bridgehead atoms. The number of nitrogens with zero attached hydrogens (tertiary/aromatic N) is 3. The molecular formula is C16H16N4O3S. The van der Waals surface area contributed by atoms with Crippen LogP contribution in [0.4, 0.5) is 5.69 Å². The van der Waals surface area contributed by atoms with Gasteiger partial charge in [-0.25, -0.2) is 13.4 Å². The van der Waals surface area contributed by atoms with Crippen molar-refractivity contribution >= 4 is 15.5 Å². The molecule has 0 aliphatic heterocycles. The van der Waals surface area contributed by atoms with Gasteiger partial charge >= 0.3 is 0 Å². The molecule has 2 aromatic heterocycles. The number of sulfone groups is 1. The molecule has 0 unspecified atom stereocenters. The highest BCUT2D eigenvalue weighted by Gasteiger charge is 2.09. The summed E-state index contributed by atoms with van der Waals surface area (Å²) in [5.74, 6) is 0.930. The number of hydrogen-bond acceptors (Lipinski definition) is 7. The Morgan fingerprint density at radius 3 is 2.67 bits per heavy atom. The third kappa shape index (κ3) is 3.77. The summed E-state index contributed by atoms with van der Waals surface area (Å²) in [6.45, 7) is 2.23. The van der Waals surface area contributed by atoms with Gasteiger partial charge in [0.15, 0.2) is 15.7 Å². The number of anilines is 1. The Kier molecular flexibility index (Phi) is 4.30. The fourth-order valence-corrected chi connectivity index (χ4v) is 2.81. The van der Waals surface area contributed by atoms with Gasteiger partial charge in [-0.05, 0) is 36.8 Å². The van der Waals surface area contributed by atoms with Crippen molar-refractivity contribution in [2.75, 3.05) is 11.6 Å². The quantitative estimate of drug-likeness (QED) is 0.759. The maximum absolute atomic E-state index is 11.6. The maximum Gasteiger partial charge on any atom is 0.276 e. The van der Waals surface area contributed by atoms with Crippen molar-refractivity contribution in [3.05, 3.63) is 54.0 Å². The van der Waals surface area contributed by atoms with E-state index in [1.165, 1.54) is 6.26 Å². The molecule has 0 atom stereocenters. The van der Waals surface area contributed by atoms with E-state index in [1.807, 2.05) is 12.1 Å². The van der Waals surface area contributed by atoms with Crippen LogP contribution in [0.1, 0.15) is 11.4 Å². The lowest BCUT2D eigenvalue weighted by atomic mass is 10.2. The van der Waals surface area contributed by atoms with E-state index in [9.17, 15) is 8.42 Å². The summed E-state index contributed by atoms with van der Waals surface area (Å²) in [5.41, 5.74) is 2.27. The summed E-state index contributed by atoms with van der Waals surface area (Å²) in [7, 11) is -3.21. The minimum absolute atomic E-state index is 0.307. The van der Waals surface area contributed by atoms with Gasteiger partial charge in [-0.1, -0.05) is 17.3 Å². The number of nitrogens with one attached hydrogen (secondary N) is 1. The molecule has 0 aliphatic carbocycles. The third-order valence-electron chi connectivity index (χ3n) is 3.33. The Labute approximate surface area is 139 Å². The minimum atomic E-state index is -3.21. The zero-order valence-electron chi connectivity index (χ0n) is 13.2. The van der Waals surface area contributed by atoms with Crippen LogP contribution in [0, 0.1) is 6.92 Å². The van der Waals surface area contributed by atoms with Gasteiger partial charge in [-0.15, -0.1) is 0 Å². The summed E-state index contributed by atoms with van der Waals surface area (Å²) in [4.78, 5) is 8.70. The molecule has 2 heterocycles. The Hall–Kier alpha value is -2.74. The number of hydrogen-bond donors (Lipinski definition) is 1. The van der Waals surface area contributed by atoms with E-state index in [0.717, 1.165) is 11.3 Å². The van der Waals surface area contributed by atoms with Crippen molar-refractivity contribution in [3.63, 3.8) is 0 Å². The molecule has 1 aromatic carbocycles. The Balaban J connectivity index is 1.69. The van der Waals surface area contributed by atoms with E-state index in [4.69, 9.17) is 4.52 Å². The first-order valence-electron chi connectivity index (χ1n) is 7.21. The average Bonchev–Trinajstić information content (AvgIpc) is 2.99. The van der Waals surface area contributed by atoms with Gasteiger partial charge in [0.05, 0.1) is 16.8 Å². The first-order chi connectivity index (χ1) is 11.4. The molecule has 7 nitrogen and oxygen atoms in total. The Bertz CT molecular complexity index is 949. The second kappa shape index (κ2) is 6.40. The number of benzene rings is 1. The molecule has 0 fully saturated rings. The van der Waals surface area contributed by atoms with Crippen LogP contribution in [0.2, 0.25) is 0 Å². The van der Waals surface area contributed by atoms with E-state index in [1.54, 1.807) is 37.4 Å². The first kappa shape index (κ1) is 16.1. The molecular weight excluding hydrogens is 328 g/mol. The van der Waals surface area contributed by atoms with Crippen molar-refractivity contribution in [2.24, 2.45) is 0 Å². The molecule has 3 aromatic rings. The Morgan fingerprint density at radius 2 is 2.04 bits per heavy atom. The summed E-state index contributed by atoms with van der Waals surface area (Å²) in [6.07, 6.45) is 2.86. The van der Waals surface area contributed by atoms with Crippen LogP contribution in [0.25, 0.3) is 11.6 Å². The van der Waals surface area contributed by atoms with Crippen molar-refractivity contribution in [1.29, 1.82) is 0 Å². The van der Waals surface area contributed by atoms with E-state index in [0.29, 0.717) is 28.8 Å². The van der Waals surface area contributed by atoms with Gasteiger partial charge in [0.1, 0.15) is 5.69 Å². The number of aryl methyl sites for hydroxylation is 1. The molecule has 1 N–H and O–H groups in total. The van der Waals surface area contributed by atoms with Gasteiger partial charge < -0.3 is 9.84 Å². The molecule has 0 saturated heterocycles. The normalized spacial score (nSPS) is 11.4. The number of pyridine rings is 1. The van der Waals surface area contributed by atoms with Gasteiger partial charge in [0.25, 0.3) is 5.89 Å². The fraction of sp³-hybridized carbons (Fsp3) is 0.188. The Morgan fingerprint density at radius 1 is 1.21 bits per heavy atom. The van der Waals surface area contributed by atoms with Crippen LogP contribution >= 0.6 is 0 Å². The topological polar surface area (TPSA) is 98.0 Å². The van der Waals surface area contributed by atoms with E-state index in [2.05, 4.69) is 20.4 Å². The lowest BCUT2D eigenvalue weighted by Crippen LogP contribution is -2.02. The van der Waals surface area contributed by atoms with Crippen LogP contribution < -0.4 is 5.32 Å². The zero-order valence-corrected chi connectivity index (χ0v) is 14.0. The summed E-state index contributed by atoms with van der Waals surface area (Å²) in [5, 5.41) is 6.93. The van der Waals surface area contributed by atoms with Crippen LogP contribution in [0.15, 0.2) is 52.0 Å². The predicted molar refractivity (Wildman–Crippen MR) is 89.1 cm³/mol. The monoisotopic (exact) mass is 344 g/mol. The molecule has 3 rings (SSSR count). The second-order valence-corrected chi connectivity index (χ2v) is 7.37. The molecule has 24 heavy (non-hydrogen) atoms. The van der Waals surface area contributed by atoms with E-state index in [-0.39, 0.29) is 0 Å². The van der Waals surface area contributed by atoms with Crippen LogP contribution in [-0.4, -0.2) is 29.8 Å². The zero-order chi connectivity index (χ0) is 17.2.